The fraction of sp³-hybridized carbons (Fsp3) is 0.0400. The molecule has 0 radical (unpaired) electrons. The first kappa shape index (κ1) is 21.0. The number of nitrogens with zero attached hydrogens (tertiary/aromatic N) is 4. The van der Waals surface area contributed by atoms with E-state index in [1.165, 1.54) is 23.5 Å². The highest BCUT2D eigenvalue weighted by Gasteiger charge is 2.34. The van der Waals surface area contributed by atoms with Crippen LogP contribution in [-0.4, -0.2) is 30.7 Å². The van der Waals surface area contributed by atoms with Gasteiger partial charge in [0.25, 0.3) is 0 Å². The van der Waals surface area contributed by atoms with Gasteiger partial charge in [-0.1, -0.05) is 41.4 Å². The number of Topliss-reactive ketones (excluding diaryl/α,β-unsaturated/α-hetero) is 2. The molecule has 0 saturated carbocycles. The maximum absolute atomic E-state index is 13.1. The summed E-state index contributed by atoms with van der Waals surface area (Å²) in [6.07, 6.45) is 3.36. The molecular weight excluding hydrogens is 491 g/mol. The van der Waals surface area contributed by atoms with Crippen molar-refractivity contribution < 1.29 is 9.59 Å². The van der Waals surface area contributed by atoms with Crippen molar-refractivity contribution in [3.8, 4) is 16.5 Å². The third-order valence-electron chi connectivity index (χ3n) is 5.84. The topological polar surface area (TPSA) is 69.8 Å². The summed E-state index contributed by atoms with van der Waals surface area (Å²) in [5.74, 6) is -0.00618. The molecular formula is C25H14Cl2N4O2S. The quantitative estimate of drug-likeness (QED) is 0.215. The lowest BCUT2D eigenvalue weighted by Gasteiger charge is -2.07. The van der Waals surface area contributed by atoms with Crippen LogP contribution in [0.25, 0.3) is 33.8 Å². The molecule has 3 aromatic heterocycles. The highest BCUT2D eigenvalue weighted by atomic mass is 35.5. The number of fused-ring (bicyclic) bond motifs is 2. The Balaban J connectivity index is 1.57. The van der Waals surface area contributed by atoms with Gasteiger partial charge in [-0.3, -0.25) is 14.2 Å². The molecule has 6 rings (SSSR count). The summed E-state index contributed by atoms with van der Waals surface area (Å²) in [6.45, 7) is 0. The molecule has 0 aliphatic heterocycles. The Bertz CT molecular complexity index is 1620. The van der Waals surface area contributed by atoms with Crippen molar-refractivity contribution >= 4 is 63.3 Å². The zero-order chi connectivity index (χ0) is 23.6. The van der Waals surface area contributed by atoms with E-state index < -0.39 is 0 Å². The van der Waals surface area contributed by atoms with Crippen LogP contribution in [0.3, 0.4) is 0 Å². The minimum Gasteiger partial charge on any atom is -0.324 e. The Hall–Kier alpha value is -3.52. The van der Waals surface area contributed by atoms with Crippen LogP contribution >= 0.6 is 34.5 Å². The molecule has 2 aromatic carbocycles. The standard InChI is InChI=1S/C25H14Cl2N4O2S/c1-30-20-10-14(9-17-21(32)15-11-18(26)19(27)12-16(15)22(17)33)31(13-5-3-2-4-6-13)23(20)29-24(30)25-28-7-8-34-25/h2-12H,1H3. The molecule has 0 fully saturated rings. The highest BCUT2D eigenvalue weighted by molar-refractivity contribution is 7.13. The Morgan fingerprint density at radius 3 is 2.26 bits per heavy atom. The van der Waals surface area contributed by atoms with E-state index in [4.69, 9.17) is 28.2 Å². The van der Waals surface area contributed by atoms with Crippen molar-refractivity contribution in [2.24, 2.45) is 7.05 Å². The highest BCUT2D eigenvalue weighted by Crippen LogP contribution is 2.36. The van der Waals surface area contributed by atoms with Gasteiger partial charge in [0.05, 0.1) is 26.8 Å². The van der Waals surface area contributed by atoms with E-state index in [1.807, 2.05) is 58.0 Å². The van der Waals surface area contributed by atoms with Crippen LogP contribution in [-0.2, 0) is 7.05 Å². The van der Waals surface area contributed by atoms with Gasteiger partial charge in [0.2, 0.25) is 0 Å². The Labute approximate surface area is 207 Å². The molecule has 6 nitrogen and oxygen atoms in total. The minimum atomic E-state index is -0.375. The van der Waals surface area contributed by atoms with Gasteiger partial charge in [0.15, 0.2) is 28.0 Å². The first-order valence-corrected chi connectivity index (χ1v) is 11.9. The van der Waals surface area contributed by atoms with Crippen LogP contribution in [0.2, 0.25) is 10.0 Å². The second-order valence-electron chi connectivity index (χ2n) is 7.81. The Kier molecular flexibility index (Phi) is 4.81. The number of carbonyl (C=O) groups is 2. The molecule has 5 aromatic rings. The van der Waals surface area contributed by atoms with Crippen molar-refractivity contribution in [2.45, 2.75) is 0 Å². The molecule has 34 heavy (non-hydrogen) atoms. The number of para-hydroxylation sites is 1. The molecule has 0 atom stereocenters. The predicted molar refractivity (Wildman–Crippen MR) is 134 cm³/mol. The SMILES string of the molecule is Cn1c(-c2nccs2)nc2c1cc(C=C1C(=O)c3cc(Cl)c(Cl)cc3C1=O)n2-c1ccccc1. The lowest BCUT2D eigenvalue weighted by molar-refractivity contribution is 0.0990. The van der Waals surface area contributed by atoms with E-state index >= 15 is 0 Å². The first-order chi connectivity index (χ1) is 16.4. The predicted octanol–water partition coefficient (Wildman–Crippen LogP) is 6.26. The number of rotatable bonds is 3. The average molecular weight is 505 g/mol. The van der Waals surface area contributed by atoms with Crippen molar-refractivity contribution in [3.05, 3.63) is 92.5 Å². The van der Waals surface area contributed by atoms with Gasteiger partial charge in [0.1, 0.15) is 0 Å². The molecule has 9 heteroatoms. The van der Waals surface area contributed by atoms with Gasteiger partial charge in [-0.25, -0.2) is 9.97 Å². The third-order valence-corrected chi connectivity index (χ3v) is 7.33. The molecule has 0 N–H and O–H groups in total. The molecule has 0 unspecified atom stereocenters. The molecule has 0 spiro atoms. The number of benzene rings is 2. The summed E-state index contributed by atoms with van der Waals surface area (Å²) in [7, 11) is 1.92. The van der Waals surface area contributed by atoms with E-state index in [1.54, 1.807) is 12.3 Å². The van der Waals surface area contributed by atoms with Gasteiger partial charge in [-0.15, -0.1) is 11.3 Å². The monoisotopic (exact) mass is 504 g/mol. The summed E-state index contributed by atoms with van der Waals surface area (Å²) >= 11 is 13.7. The number of carbonyl (C=O) groups excluding carboxylic acids is 2. The van der Waals surface area contributed by atoms with Crippen molar-refractivity contribution in [1.82, 2.24) is 19.1 Å². The molecule has 0 amide bonds. The smallest absolute Gasteiger partial charge is 0.197 e. The van der Waals surface area contributed by atoms with E-state index in [2.05, 4.69) is 4.98 Å². The van der Waals surface area contributed by atoms with Crippen LogP contribution < -0.4 is 0 Å². The molecule has 0 saturated heterocycles. The number of allylic oxidation sites excluding steroid dienone is 1. The molecule has 1 aliphatic carbocycles. The number of aromatic nitrogens is 4. The lowest BCUT2D eigenvalue weighted by Crippen LogP contribution is -2.03. The average Bonchev–Trinajstić information content (AvgIpc) is 3.59. The first-order valence-electron chi connectivity index (χ1n) is 10.3. The van der Waals surface area contributed by atoms with E-state index in [0.717, 1.165) is 22.0 Å². The number of ketones is 2. The van der Waals surface area contributed by atoms with Gasteiger partial charge in [-0.2, -0.15) is 0 Å². The van der Waals surface area contributed by atoms with E-state index in [-0.39, 0.29) is 38.3 Å². The van der Waals surface area contributed by atoms with E-state index in [0.29, 0.717) is 11.3 Å². The lowest BCUT2D eigenvalue weighted by atomic mass is 10.1. The zero-order valence-electron chi connectivity index (χ0n) is 17.6. The van der Waals surface area contributed by atoms with Crippen LogP contribution in [0.15, 0.2) is 65.7 Å². The summed E-state index contributed by atoms with van der Waals surface area (Å²) in [5.41, 5.74) is 3.65. The number of hydrogen-bond acceptors (Lipinski definition) is 5. The molecule has 166 valence electrons. The second-order valence-corrected chi connectivity index (χ2v) is 9.52. The van der Waals surface area contributed by atoms with E-state index in [9.17, 15) is 9.59 Å². The van der Waals surface area contributed by atoms with Gasteiger partial charge in [-0.05, 0) is 36.4 Å². The van der Waals surface area contributed by atoms with Crippen LogP contribution in [0.4, 0.5) is 0 Å². The maximum Gasteiger partial charge on any atom is 0.197 e. The minimum absolute atomic E-state index is 0.0634. The third kappa shape index (κ3) is 3.09. The Morgan fingerprint density at radius 2 is 1.65 bits per heavy atom. The largest absolute Gasteiger partial charge is 0.324 e. The van der Waals surface area contributed by atoms with Crippen molar-refractivity contribution in [1.29, 1.82) is 0 Å². The van der Waals surface area contributed by atoms with Gasteiger partial charge in [0, 0.05) is 35.4 Å². The van der Waals surface area contributed by atoms with Crippen molar-refractivity contribution in [2.75, 3.05) is 0 Å². The summed E-state index contributed by atoms with van der Waals surface area (Å²) < 4.78 is 3.89. The van der Waals surface area contributed by atoms with Crippen LogP contribution in [0, 0.1) is 0 Å². The maximum atomic E-state index is 13.1. The summed E-state index contributed by atoms with van der Waals surface area (Å²) in [4.78, 5) is 35.5. The fourth-order valence-electron chi connectivity index (χ4n) is 4.22. The zero-order valence-corrected chi connectivity index (χ0v) is 19.9. The molecule has 1 aliphatic rings. The van der Waals surface area contributed by atoms with Gasteiger partial charge >= 0.3 is 0 Å². The molecule has 3 heterocycles. The normalized spacial score (nSPS) is 13.2. The van der Waals surface area contributed by atoms with Crippen LogP contribution in [0.1, 0.15) is 26.4 Å². The summed E-state index contributed by atoms with van der Waals surface area (Å²) in [5, 5.41) is 3.19. The second kappa shape index (κ2) is 7.77. The number of aryl methyl sites for hydroxylation is 1. The number of halogens is 2. The Morgan fingerprint density at radius 1 is 0.971 bits per heavy atom. The summed E-state index contributed by atoms with van der Waals surface area (Å²) in [6, 6.07) is 14.5. The fourth-order valence-corrected chi connectivity index (χ4v) is 5.21. The number of thiazole rings is 1. The van der Waals surface area contributed by atoms with Crippen molar-refractivity contribution in [3.63, 3.8) is 0 Å². The van der Waals surface area contributed by atoms with Crippen LogP contribution in [0.5, 0.6) is 0 Å². The number of hydrogen-bond donors (Lipinski definition) is 0. The number of imidazole rings is 1. The van der Waals surface area contributed by atoms with Gasteiger partial charge < -0.3 is 4.57 Å². The molecule has 0 bridgehead atoms.